The number of alkyl halides is 12. The van der Waals surface area contributed by atoms with E-state index >= 15 is 0 Å². The van der Waals surface area contributed by atoms with Crippen molar-refractivity contribution in [1.29, 1.82) is 0 Å². The first-order valence-corrected chi connectivity index (χ1v) is 16.0. The van der Waals surface area contributed by atoms with Gasteiger partial charge in [0.15, 0.2) is 0 Å². The molecule has 3 aliphatic rings. The molecule has 7 nitrogen and oxygen atoms in total. The molecule has 1 aliphatic carbocycles. The lowest BCUT2D eigenvalue weighted by atomic mass is 10.0. The number of allylic oxidation sites excluding steroid dienone is 2. The van der Waals surface area contributed by atoms with Gasteiger partial charge in [-0.15, -0.1) is 0 Å². The first-order chi connectivity index (χ1) is 20.4. The summed E-state index contributed by atoms with van der Waals surface area (Å²) in [6, 6.07) is -1.38. The third kappa shape index (κ3) is 5.82. The van der Waals surface area contributed by atoms with Crippen molar-refractivity contribution in [3.05, 3.63) is 51.2 Å². The first-order valence-electron chi connectivity index (χ1n) is 13.0. The number of hydrogen-bond donors (Lipinski definition) is 2. The monoisotopic (exact) mass is 709 g/mol. The van der Waals surface area contributed by atoms with Crippen LogP contribution >= 0.6 is 0 Å². The van der Waals surface area contributed by atoms with Gasteiger partial charge in [0.2, 0.25) is 4.24 Å². The van der Waals surface area contributed by atoms with Crippen LogP contribution in [0.3, 0.4) is 0 Å². The second-order valence-electron chi connectivity index (χ2n) is 10.5. The van der Waals surface area contributed by atoms with E-state index in [1.807, 2.05) is 11.4 Å². The van der Waals surface area contributed by atoms with Crippen molar-refractivity contribution >= 4 is 25.4 Å². The van der Waals surface area contributed by atoms with Gasteiger partial charge in [0.05, 0.1) is 11.1 Å². The molecule has 2 N–H and O–H groups in total. The van der Waals surface area contributed by atoms with Crippen LogP contribution in [0.25, 0.3) is 0 Å². The minimum absolute atomic E-state index is 0.126. The summed E-state index contributed by atoms with van der Waals surface area (Å²) in [7, 11) is -14.7. The standard InChI is InChI=1S/C24H23F12N3O4S2/c25-20(26,27)13-9-14(21(28,29)30)11-15(10-13)38-18(37-12-17-7-4-8-39(17)16-5-2-1-3-6-16)19-44(40,41)23(33,34)22(31,32)24(35,36)45(19,42)43/h5,9-11,17,37-38H,1-4,6-8,12H2/t17-/m0/s1. The van der Waals surface area contributed by atoms with Crippen LogP contribution in [-0.2, 0) is 32.0 Å². The van der Waals surface area contributed by atoms with Crippen molar-refractivity contribution < 1.29 is 69.5 Å². The van der Waals surface area contributed by atoms with E-state index in [2.05, 4.69) is 0 Å². The number of nitrogens with one attached hydrogen (secondary N) is 2. The average molecular weight is 710 g/mol. The van der Waals surface area contributed by atoms with Gasteiger partial charge in [0.25, 0.3) is 19.7 Å². The van der Waals surface area contributed by atoms with Crippen LogP contribution in [0, 0.1) is 0 Å². The molecule has 2 fully saturated rings. The number of anilines is 1. The summed E-state index contributed by atoms with van der Waals surface area (Å²) in [4.78, 5) is 1.74. The van der Waals surface area contributed by atoms with E-state index in [0.29, 0.717) is 25.8 Å². The van der Waals surface area contributed by atoms with E-state index in [1.54, 1.807) is 4.90 Å². The van der Waals surface area contributed by atoms with E-state index in [4.69, 9.17) is 0 Å². The van der Waals surface area contributed by atoms with E-state index < -0.39 is 94.0 Å². The number of halogens is 12. The Morgan fingerprint density at radius 3 is 1.82 bits per heavy atom. The van der Waals surface area contributed by atoms with Crippen molar-refractivity contribution in [1.82, 2.24) is 10.2 Å². The summed E-state index contributed by atoms with van der Waals surface area (Å²) in [6.45, 7) is -0.314. The molecule has 0 unspecified atom stereocenters. The van der Waals surface area contributed by atoms with Crippen LogP contribution in [0.2, 0.25) is 0 Å². The molecular weight excluding hydrogens is 686 g/mol. The van der Waals surface area contributed by atoms with Gasteiger partial charge in [-0.3, -0.25) is 0 Å². The van der Waals surface area contributed by atoms with Gasteiger partial charge in [-0.25, -0.2) is 16.8 Å². The third-order valence-corrected chi connectivity index (χ3v) is 12.0. The fourth-order valence-electron chi connectivity index (χ4n) is 5.22. The first kappa shape index (κ1) is 35.0. The molecule has 254 valence electrons. The maximum absolute atomic E-state index is 14.5. The molecule has 21 heteroatoms. The number of nitrogens with zero attached hydrogens (tertiary/aromatic N) is 1. The maximum Gasteiger partial charge on any atom is 0.419 e. The Morgan fingerprint density at radius 2 is 1.36 bits per heavy atom. The molecule has 4 rings (SSSR count). The van der Waals surface area contributed by atoms with Gasteiger partial charge in [-0.1, -0.05) is 6.08 Å². The largest absolute Gasteiger partial charge is 0.419 e. The molecule has 0 saturated carbocycles. The third-order valence-electron chi connectivity index (χ3n) is 7.48. The lowest BCUT2D eigenvalue weighted by Crippen LogP contribution is -2.66. The summed E-state index contributed by atoms with van der Waals surface area (Å²) in [5.74, 6) is -9.00. The minimum atomic E-state index is -7.33. The molecule has 45 heavy (non-hydrogen) atoms. The van der Waals surface area contributed by atoms with Gasteiger partial charge in [-0.2, -0.15) is 52.7 Å². The normalized spacial score (nSPS) is 25.4. The van der Waals surface area contributed by atoms with Crippen molar-refractivity contribution in [2.45, 2.75) is 73.4 Å². The lowest BCUT2D eigenvalue weighted by Gasteiger charge is -2.38. The Hall–Kier alpha value is -2.84. The molecule has 1 aromatic rings. The molecule has 2 aliphatic heterocycles. The molecule has 0 spiro atoms. The Labute approximate surface area is 248 Å². The molecule has 1 atom stereocenters. The molecule has 2 heterocycles. The Balaban J connectivity index is 1.92. The van der Waals surface area contributed by atoms with Crippen LogP contribution < -0.4 is 10.6 Å². The van der Waals surface area contributed by atoms with Gasteiger partial charge in [-0.05, 0) is 56.7 Å². The fourth-order valence-corrected chi connectivity index (χ4v) is 9.25. The Kier molecular flexibility index (Phi) is 8.68. The highest BCUT2D eigenvalue weighted by atomic mass is 32.3. The molecular formula is C24H23F12N3O4S2. The number of hydrogen-bond acceptors (Lipinski definition) is 7. The molecule has 0 bridgehead atoms. The summed E-state index contributed by atoms with van der Waals surface area (Å²) >= 11 is 0. The van der Waals surface area contributed by atoms with E-state index in [-0.39, 0.29) is 18.6 Å². The summed E-state index contributed by atoms with van der Waals surface area (Å²) in [5.41, 5.74) is -4.77. The summed E-state index contributed by atoms with van der Waals surface area (Å²) in [6.07, 6.45) is -5.64. The molecule has 0 aromatic heterocycles. The number of rotatable bonds is 6. The smallest absolute Gasteiger partial charge is 0.370 e. The van der Waals surface area contributed by atoms with Crippen LogP contribution in [0.4, 0.5) is 58.4 Å². The van der Waals surface area contributed by atoms with E-state index in [0.717, 1.165) is 18.5 Å². The Morgan fingerprint density at radius 1 is 0.822 bits per heavy atom. The topological polar surface area (TPSA) is 95.6 Å². The zero-order valence-electron chi connectivity index (χ0n) is 22.5. The molecule has 0 radical (unpaired) electrons. The van der Waals surface area contributed by atoms with Gasteiger partial charge in [0.1, 0.15) is 5.82 Å². The minimum Gasteiger partial charge on any atom is -0.370 e. The highest BCUT2D eigenvalue weighted by molar-refractivity contribution is 8.16. The zero-order chi connectivity index (χ0) is 34.0. The van der Waals surface area contributed by atoms with Gasteiger partial charge >= 0.3 is 28.8 Å². The second-order valence-corrected chi connectivity index (χ2v) is 14.6. The fraction of sp³-hybridized carbons (Fsp3) is 0.583. The number of benzene rings is 1. The van der Waals surface area contributed by atoms with E-state index in [1.165, 1.54) is 5.32 Å². The van der Waals surface area contributed by atoms with Gasteiger partial charge in [0, 0.05) is 30.5 Å². The van der Waals surface area contributed by atoms with E-state index in [9.17, 15) is 69.5 Å². The van der Waals surface area contributed by atoms with Crippen molar-refractivity contribution in [3.8, 4) is 0 Å². The molecule has 0 amide bonds. The average Bonchev–Trinajstić information content (AvgIpc) is 3.38. The molecule has 1 aromatic carbocycles. The number of sulfone groups is 2. The quantitative estimate of drug-likeness (QED) is 0.329. The predicted octanol–water partition coefficient (Wildman–Crippen LogP) is 6.44. The maximum atomic E-state index is 14.5. The summed E-state index contributed by atoms with van der Waals surface area (Å²) < 4.78 is 215. The van der Waals surface area contributed by atoms with Crippen molar-refractivity contribution in [3.63, 3.8) is 0 Å². The van der Waals surface area contributed by atoms with Crippen molar-refractivity contribution in [2.75, 3.05) is 18.4 Å². The Bertz CT molecular complexity index is 1540. The predicted molar refractivity (Wildman–Crippen MR) is 134 cm³/mol. The highest BCUT2D eigenvalue weighted by Crippen LogP contribution is 2.59. The highest BCUT2D eigenvalue weighted by Gasteiger charge is 2.88. The van der Waals surface area contributed by atoms with Crippen LogP contribution in [0.1, 0.15) is 49.7 Å². The SMILES string of the molecule is O=S1(=O)C(=C(NC[C@@H]2CCCN2C2=CCCCC2)Nc2cc(C(F)(F)F)cc(C(F)(F)F)c2)S(=O)(=O)C(F)(F)C(F)(F)C1(F)F. The van der Waals surface area contributed by atoms with Gasteiger partial charge < -0.3 is 15.5 Å². The zero-order valence-corrected chi connectivity index (χ0v) is 24.1. The number of likely N-dealkylation sites (tertiary alicyclic amines) is 1. The molecule has 2 saturated heterocycles. The van der Waals surface area contributed by atoms with Crippen molar-refractivity contribution in [2.24, 2.45) is 0 Å². The lowest BCUT2D eigenvalue weighted by molar-refractivity contribution is -0.244. The summed E-state index contributed by atoms with van der Waals surface area (Å²) in [5, 5.41) is -10.2. The van der Waals surface area contributed by atoms with Crippen LogP contribution in [0.15, 0.2) is 40.0 Å². The second kappa shape index (κ2) is 11.2. The van der Waals surface area contributed by atoms with Crippen LogP contribution in [0.5, 0.6) is 0 Å². The van der Waals surface area contributed by atoms with Crippen LogP contribution in [-0.4, -0.2) is 57.3 Å².